The van der Waals surface area contributed by atoms with Crippen LogP contribution in [0.3, 0.4) is 0 Å². The minimum absolute atomic E-state index is 0.0114. The normalized spacial score (nSPS) is 11.2. The van der Waals surface area contributed by atoms with Crippen molar-refractivity contribution < 1.29 is 4.79 Å². The van der Waals surface area contributed by atoms with E-state index in [1.54, 1.807) is 0 Å². The maximum atomic E-state index is 12.0. The molecule has 0 aliphatic rings. The van der Waals surface area contributed by atoms with E-state index in [9.17, 15) is 4.79 Å². The Hall–Kier alpha value is -2.18. The Morgan fingerprint density at radius 3 is 2.59 bits per heavy atom. The molecule has 0 saturated heterocycles. The summed E-state index contributed by atoms with van der Waals surface area (Å²) in [7, 11) is 3.83. The molecule has 2 heterocycles. The molecule has 0 aliphatic carbocycles. The second kappa shape index (κ2) is 6.72. The molecule has 0 bridgehead atoms. The number of amides is 1. The highest BCUT2D eigenvalue weighted by atomic mass is 16.1. The molecule has 0 radical (unpaired) electrons. The smallest absolute Gasteiger partial charge is 0.220 e. The van der Waals surface area contributed by atoms with Gasteiger partial charge in [-0.2, -0.15) is 5.10 Å². The van der Waals surface area contributed by atoms with Crippen molar-refractivity contribution in [3.63, 3.8) is 0 Å². The van der Waals surface area contributed by atoms with Crippen LogP contribution in [0.1, 0.15) is 49.1 Å². The fraction of sp³-hybridized carbons (Fsp3) is 0.600. The zero-order valence-electron chi connectivity index (χ0n) is 13.9. The lowest BCUT2D eigenvalue weighted by Crippen LogP contribution is -2.24. The van der Waals surface area contributed by atoms with Gasteiger partial charge in [0.25, 0.3) is 0 Å². The van der Waals surface area contributed by atoms with Gasteiger partial charge in [-0.3, -0.25) is 9.48 Å². The Labute approximate surface area is 130 Å². The molecule has 0 aliphatic heterocycles. The molecular weight excluding hydrogens is 280 g/mol. The summed E-state index contributed by atoms with van der Waals surface area (Å²) in [6.45, 7) is 6.56. The Morgan fingerprint density at radius 2 is 2.05 bits per heavy atom. The minimum atomic E-state index is 0.0114. The quantitative estimate of drug-likeness (QED) is 0.870. The monoisotopic (exact) mass is 304 g/mol. The summed E-state index contributed by atoms with van der Waals surface area (Å²) < 4.78 is 3.76. The van der Waals surface area contributed by atoms with Gasteiger partial charge < -0.3 is 9.88 Å². The molecular formula is C15H24N6O. The second-order valence-electron chi connectivity index (χ2n) is 5.84. The van der Waals surface area contributed by atoms with Crippen LogP contribution in [0.4, 0.5) is 0 Å². The first kappa shape index (κ1) is 16.2. The molecule has 22 heavy (non-hydrogen) atoms. The zero-order chi connectivity index (χ0) is 16.3. The van der Waals surface area contributed by atoms with Crippen molar-refractivity contribution in [1.29, 1.82) is 0 Å². The summed E-state index contributed by atoms with van der Waals surface area (Å²) >= 11 is 0. The van der Waals surface area contributed by atoms with Gasteiger partial charge in [0.1, 0.15) is 5.82 Å². The Bertz CT molecular complexity index is 655. The predicted molar refractivity (Wildman–Crippen MR) is 83.2 cm³/mol. The van der Waals surface area contributed by atoms with Gasteiger partial charge in [0, 0.05) is 32.1 Å². The van der Waals surface area contributed by atoms with Crippen LogP contribution in [0.15, 0.2) is 6.20 Å². The predicted octanol–water partition coefficient (Wildman–Crippen LogP) is 1.23. The maximum Gasteiger partial charge on any atom is 0.220 e. The molecule has 2 aromatic rings. The fourth-order valence-electron chi connectivity index (χ4n) is 2.34. The number of carbonyl (C=O) groups is 1. The number of hydrogen-bond donors (Lipinski definition) is 1. The zero-order valence-corrected chi connectivity index (χ0v) is 13.9. The van der Waals surface area contributed by atoms with E-state index >= 15 is 0 Å². The Morgan fingerprint density at radius 1 is 1.32 bits per heavy atom. The highest BCUT2D eigenvalue weighted by molar-refractivity contribution is 5.76. The van der Waals surface area contributed by atoms with Gasteiger partial charge in [0.15, 0.2) is 5.82 Å². The van der Waals surface area contributed by atoms with Crippen LogP contribution in [0.2, 0.25) is 0 Å². The average Bonchev–Trinajstić information content (AvgIpc) is 2.99. The van der Waals surface area contributed by atoms with Gasteiger partial charge in [-0.25, -0.2) is 0 Å². The number of hydrogen-bond acceptors (Lipinski definition) is 4. The third kappa shape index (κ3) is 3.52. The summed E-state index contributed by atoms with van der Waals surface area (Å²) in [6.07, 6.45) is 2.96. The first-order chi connectivity index (χ1) is 10.4. The summed E-state index contributed by atoms with van der Waals surface area (Å²) in [5.74, 6) is 2.03. The summed E-state index contributed by atoms with van der Waals surface area (Å²) in [5, 5.41) is 15.4. The molecule has 1 amide bonds. The second-order valence-corrected chi connectivity index (χ2v) is 5.84. The van der Waals surface area contributed by atoms with Gasteiger partial charge in [-0.1, -0.05) is 13.8 Å². The largest absolute Gasteiger partial charge is 0.349 e. The summed E-state index contributed by atoms with van der Waals surface area (Å²) in [4.78, 5) is 12.0. The van der Waals surface area contributed by atoms with Crippen molar-refractivity contribution >= 4 is 5.91 Å². The minimum Gasteiger partial charge on any atom is -0.349 e. The number of nitrogens with one attached hydrogen (secondary N) is 1. The number of aromatic nitrogens is 5. The standard InChI is InChI=1S/C15H24N6O/c1-10(2)15-19-18-13(20(15)4)9-16-14(22)7-6-12-8-17-21(5)11(12)3/h8,10H,6-7,9H2,1-5H3,(H,16,22). The number of nitrogens with zero attached hydrogens (tertiary/aromatic N) is 5. The Balaban J connectivity index is 1.84. The van der Waals surface area contributed by atoms with Gasteiger partial charge in [-0.15, -0.1) is 10.2 Å². The molecule has 120 valence electrons. The number of rotatable bonds is 6. The molecule has 0 saturated carbocycles. The van der Waals surface area contributed by atoms with Gasteiger partial charge >= 0.3 is 0 Å². The van der Waals surface area contributed by atoms with E-state index in [1.165, 1.54) is 0 Å². The SMILES string of the molecule is Cc1c(CCC(=O)NCc2nnc(C(C)C)n2C)cnn1C. The van der Waals surface area contributed by atoms with Gasteiger partial charge in [-0.05, 0) is 18.9 Å². The first-order valence-electron chi connectivity index (χ1n) is 7.52. The molecule has 0 aromatic carbocycles. The van der Waals surface area contributed by atoms with E-state index in [-0.39, 0.29) is 5.91 Å². The van der Waals surface area contributed by atoms with E-state index in [4.69, 9.17) is 0 Å². The first-order valence-corrected chi connectivity index (χ1v) is 7.52. The third-order valence-corrected chi connectivity index (χ3v) is 3.92. The highest BCUT2D eigenvalue weighted by Crippen LogP contribution is 2.11. The lowest BCUT2D eigenvalue weighted by molar-refractivity contribution is -0.121. The van der Waals surface area contributed by atoms with E-state index in [1.807, 2.05) is 36.5 Å². The van der Waals surface area contributed by atoms with Crippen LogP contribution >= 0.6 is 0 Å². The van der Waals surface area contributed by atoms with E-state index < -0.39 is 0 Å². The van der Waals surface area contributed by atoms with Crippen LogP contribution in [0.5, 0.6) is 0 Å². The lowest BCUT2D eigenvalue weighted by atomic mass is 10.1. The summed E-state index contributed by atoms with van der Waals surface area (Å²) in [5.41, 5.74) is 2.21. The van der Waals surface area contributed by atoms with Crippen LogP contribution in [-0.2, 0) is 31.9 Å². The maximum absolute atomic E-state index is 12.0. The molecule has 7 heteroatoms. The van der Waals surface area contributed by atoms with Crippen LogP contribution in [0.25, 0.3) is 0 Å². The molecule has 0 unspecified atom stereocenters. The van der Waals surface area contributed by atoms with Crippen molar-refractivity contribution in [3.8, 4) is 0 Å². The molecule has 0 atom stereocenters. The van der Waals surface area contributed by atoms with Crippen molar-refractivity contribution in [2.75, 3.05) is 0 Å². The van der Waals surface area contributed by atoms with Crippen LogP contribution in [0, 0.1) is 6.92 Å². The van der Waals surface area contributed by atoms with Gasteiger partial charge in [0.05, 0.1) is 12.7 Å². The average molecular weight is 304 g/mol. The van der Waals surface area contributed by atoms with Gasteiger partial charge in [0.2, 0.25) is 5.91 Å². The molecule has 0 fully saturated rings. The van der Waals surface area contributed by atoms with Crippen molar-refractivity contribution in [2.24, 2.45) is 14.1 Å². The van der Waals surface area contributed by atoms with Crippen molar-refractivity contribution in [2.45, 2.75) is 46.1 Å². The molecule has 2 aromatic heterocycles. The van der Waals surface area contributed by atoms with Crippen LogP contribution < -0.4 is 5.32 Å². The van der Waals surface area contributed by atoms with Crippen molar-refractivity contribution in [3.05, 3.63) is 29.1 Å². The van der Waals surface area contributed by atoms with E-state index in [0.29, 0.717) is 25.3 Å². The third-order valence-electron chi connectivity index (χ3n) is 3.92. The molecule has 2 rings (SSSR count). The number of aryl methyl sites for hydroxylation is 2. The Kier molecular flexibility index (Phi) is 4.95. The highest BCUT2D eigenvalue weighted by Gasteiger charge is 2.13. The number of carbonyl (C=O) groups excluding carboxylic acids is 1. The van der Waals surface area contributed by atoms with E-state index in [0.717, 1.165) is 22.9 Å². The lowest BCUT2D eigenvalue weighted by Gasteiger charge is -2.07. The fourth-order valence-corrected chi connectivity index (χ4v) is 2.34. The molecule has 0 spiro atoms. The van der Waals surface area contributed by atoms with Crippen molar-refractivity contribution in [1.82, 2.24) is 29.9 Å². The molecule has 1 N–H and O–H groups in total. The molecule has 7 nitrogen and oxygen atoms in total. The topological polar surface area (TPSA) is 77.6 Å². The summed E-state index contributed by atoms with van der Waals surface area (Å²) in [6, 6.07) is 0. The van der Waals surface area contributed by atoms with Crippen LogP contribution in [-0.4, -0.2) is 30.5 Å². The van der Waals surface area contributed by atoms with E-state index in [2.05, 4.69) is 34.5 Å².